The van der Waals surface area contributed by atoms with E-state index in [0.717, 1.165) is 10.8 Å². The number of hydrogen-bond acceptors (Lipinski definition) is 1. The molecule has 1 aliphatic rings. The molecular weight excluding hydrogens is 222 g/mol. The van der Waals surface area contributed by atoms with Gasteiger partial charge in [0.15, 0.2) is 0 Å². The lowest BCUT2D eigenvalue weighted by atomic mass is 10.0. The number of aryl methyl sites for hydroxylation is 1. The fourth-order valence-corrected chi connectivity index (χ4v) is 2.37. The van der Waals surface area contributed by atoms with Crippen molar-refractivity contribution in [2.24, 2.45) is 0 Å². The van der Waals surface area contributed by atoms with Gasteiger partial charge in [0.05, 0.1) is 0 Å². The Hall–Kier alpha value is -1.57. The topological polar surface area (TPSA) is 32.9 Å². The van der Waals surface area contributed by atoms with Crippen molar-refractivity contribution in [3.8, 4) is 0 Å². The quantitative estimate of drug-likeness (QED) is 0.739. The molecule has 18 heavy (non-hydrogen) atoms. The lowest BCUT2D eigenvalue weighted by molar-refractivity contribution is 0.504. The van der Waals surface area contributed by atoms with Crippen LogP contribution in [0, 0.1) is 6.92 Å². The van der Waals surface area contributed by atoms with Crippen molar-refractivity contribution in [3.63, 3.8) is 0 Å². The molecule has 2 heteroatoms. The average molecular weight is 243 g/mol. The zero-order valence-corrected chi connectivity index (χ0v) is 11.0. The van der Waals surface area contributed by atoms with Crippen molar-refractivity contribution in [3.05, 3.63) is 46.4 Å². The smallest absolute Gasteiger partial charge is 0.255 e. The van der Waals surface area contributed by atoms with E-state index in [1.54, 1.807) is 6.20 Å². The van der Waals surface area contributed by atoms with Crippen LogP contribution in [0.25, 0.3) is 10.8 Å². The molecule has 1 aromatic carbocycles. The molecule has 3 rings (SSSR count). The van der Waals surface area contributed by atoms with E-state index in [2.05, 4.69) is 4.98 Å². The molecule has 96 valence electrons. The van der Waals surface area contributed by atoms with E-state index < -0.39 is 0 Å². The maximum absolute atomic E-state index is 11.2. The SMILES string of the molecule is C1CCCCC1.Cc1ccc2c(=O)[nH]ccc2c1. The van der Waals surface area contributed by atoms with Gasteiger partial charge in [0.25, 0.3) is 5.56 Å². The van der Waals surface area contributed by atoms with Crippen LogP contribution in [0.1, 0.15) is 44.1 Å². The summed E-state index contributed by atoms with van der Waals surface area (Å²) in [7, 11) is 0. The molecular formula is C16H21NO. The Morgan fingerprint density at radius 1 is 0.944 bits per heavy atom. The van der Waals surface area contributed by atoms with Gasteiger partial charge in [-0.05, 0) is 24.4 Å². The number of aromatic amines is 1. The largest absolute Gasteiger partial charge is 0.329 e. The predicted octanol–water partition coefficient (Wildman–Crippen LogP) is 4.18. The molecule has 0 bridgehead atoms. The van der Waals surface area contributed by atoms with E-state index in [1.165, 1.54) is 44.1 Å². The molecule has 0 aliphatic heterocycles. The number of pyridine rings is 1. The molecule has 0 amide bonds. The van der Waals surface area contributed by atoms with E-state index in [4.69, 9.17) is 0 Å². The van der Waals surface area contributed by atoms with Crippen LogP contribution < -0.4 is 5.56 Å². The predicted molar refractivity (Wildman–Crippen MR) is 77.0 cm³/mol. The van der Waals surface area contributed by atoms with Gasteiger partial charge in [-0.15, -0.1) is 0 Å². The van der Waals surface area contributed by atoms with Crippen LogP contribution in [-0.2, 0) is 0 Å². The third kappa shape index (κ3) is 3.46. The Kier molecular flexibility index (Phi) is 4.57. The number of fused-ring (bicyclic) bond motifs is 1. The fourth-order valence-electron chi connectivity index (χ4n) is 2.37. The minimum atomic E-state index is -0.0208. The normalized spacial score (nSPS) is 14.9. The van der Waals surface area contributed by atoms with Crippen molar-refractivity contribution in [2.45, 2.75) is 45.4 Å². The Balaban J connectivity index is 0.000000169. The van der Waals surface area contributed by atoms with Crippen LogP contribution in [0.4, 0.5) is 0 Å². The second-order valence-electron chi connectivity index (χ2n) is 5.02. The molecule has 0 saturated heterocycles. The summed E-state index contributed by atoms with van der Waals surface area (Å²) in [4.78, 5) is 13.9. The van der Waals surface area contributed by atoms with Crippen molar-refractivity contribution < 1.29 is 0 Å². The number of nitrogens with one attached hydrogen (secondary N) is 1. The van der Waals surface area contributed by atoms with E-state index >= 15 is 0 Å². The van der Waals surface area contributed by atoms with Gasteiger partial charge in [-0.3, -0.25) is 4.79 Å². The number of rotatable bonds is 0. The molecule has 2 nitrogen and oxygen atoms in total. The Labute approximate surface area is 108 Å². The Morgan fingerprint density at radius 2 is 1.56 bits per heavy atom. The van der Waals surface area contributed by atoms with Crippen molar-refractivity contribution in [1.82, 2.24) is 4.98 Å². The maximum atomic E-state index is 11.2. The van der Waals surface area contributed by atoms with Crippen molar-refractivity contribution in [2.75, 3.05) is 0 Å². The van der Waals surface area contributed by atoms with Crippen LogP contribution in [0.3, 0.4) is 0 Å². The average Bonchev–Trinajstić information content (AvgIpc) is 2.41. The van der Waals surface area contributed by atoms with Gasteiger partial charge in [-0.25, -0.2) is 0 Å². The van der Waals surface area contributed by atoms with Crippen LogP contribution in [0.15, 0.2) is 35.3 Å². The molecule has 0 radical (unpaired) electrons. The lowest BCUT2D eigenvalue weighted by Gasteiger charge is -2.05. The van der Waals surface area contributed by atoms with E-state index in [9.17, 15) is 4.79 Å². The molecule has 0 unspecified atom stereocenters. The first kappa shape index (κ1) is 12.9. The van der Waals surface area contributed by atoms with Crippen LogP contribution in [-0.4, -0.2) is 4.98 Å². The zero-order chi connectivity index (χ0) is 12.8. The number of H-pyrrole nitrogens is 1. The summed E-state index contributed by atoms with van der Waals surface area (Å²) in [6, 6.07) is 7.70. The van der Waals surface area contributed by atoms with Crippen molar-refractivity contribution >= 4 is 10.8 Å². The first-order valence-electron chi connectivity index (χ1n) is 6.85. The van der Waals surface area contributed by atoms with Crippen LogP contribution in [0.5, 0.6) is 0 Å². The molecule has 1 fully saturated rings. The van der Waals surface area contributed by atoms with Gasteiger partial charge in [0.2, 0.25) is 0 Å². The molecule has 1 saturated carbocycles. The molecule has 0 atom stereocenters. The second-order valence-corrected chi connectivity index (χ2v) is 5.02. The van der Waals surface area contributed by atoms with Crippen molar-refractivity contribution in [1.29, 1.82) is 0 Å². The Bertz CT molecular complexity index is 541. The first-order chi connectivity index (χ1) is 8.77. The summed E-state index contributed by atoms with van der Waals surface area (Å²) < 4.78 is 0. The van der Waals surface area contributed by atoms with E-state index in [0.29, 0.717) is 0 Å². The Morgan fingerprint density at radius 3 is 2.17 bits per heavy atom. The third-order valence-electron chi connectivity index (χ3n) is 3.43. The van der Waals surface area contributed by atoms with E-state index in [1.807, 2.05) is 31.2 Å². The summed E-state index contributed by atoms with van der Waals surface area (Å²) in [5.74, 6) is 0. The van der Waals surface area contributed by atoms with Gasteiger partial charge < -0.3 is 4.98 Å². The molecule has 1 heterocycles. The fraction of sp³-hybridized carbons (Fsp3) is 0.438. The molecule has 1 N–H and O–H groups in total. The van der Waals surface area contributed by atoms with Gasteiger partial charge in [0, 0.05) is 11.6 Å². The van der Waals surface area contributed by atoms with Crippen LogP contribution in [0.2, 0.25) is 0 Å². The second kappa shape index (κ2) is 6.39. The molecule has 2 aromatic rings. The highest BCUT2D eigenvalue weighted by atomic mass is 16.1. The lowest BCUT2D eigenvalue weighted by Crippen LogP contribution is -2.03. The summed E-state index contributed by atoms with van der Waals surface area (Å²) in [6.07, 6.45) is 10.7. The summed E-state index contributed by atoms with van der Waals surface area (Å²) in [5, 5.41) is 1.75. The van der Waals surface area contributed by atoms with Gasteiger partial charge in [-0.1, -0.05) is 56.2 Å². The summed E-state index contributed by atoms with van der Waals surface area (Å²) in [6.45, 7) is 2.01. The summed E-state index contributed by atoms with van der Waals surface area (Å²) in [5.41, 5.74) is 1.15. The highest BCUT2D eigenvalue weighted by molar-refractivity contribution is 5.81. The number of benzene rings is 1. The number of aromatic nitrogens is 1. The van der Waals surface area contributed by atoms with Gasteiger partial charge in [-0.2, -0.15) is 0 Å². The zero-order valence-electron chi connectivity index (χ0n) is 11.0. The number of hydrogen-bond donors (Lipinski definition) is 1. The van der Waals surface area contributed by atoms with Gasteiger partial charge >= 0.3 is 0 Å². The minimum Gasteiger partial charge on any atom is -0.329 e. The maximum Gasteiger partial charge on any atom is 0.255 e. The van der Waals surface area contributed by atoms with Crippen LogP contribution >= 0.6 is 0 Å². The summed E-state index contributed by atoms with van der Waals surface area (Å²) >= 11 is 0. The first-order valence-corrected chi connectivity index (χ1v) is 6.85. The molecule has 1 aliphatic carbocycles. The minimum absolute atomic E-state index is 0.0208. The highest BCUT2D eigenvalue weighted by Crippen LogP contribution is 2.15. The van der Waals surface area contributed by atoms with Gasteiger partial charge in [0.1, 0.15) is 0 Å². The van der Waals surface area contributed by atoms with E-state index in [-0.39, 0.29) is 5.56 Å². The molecule has 0 spiro atoms. The standard InChI is InChI=1S/C10H9NO.C6H12/c1-7-2-3-9-8(6-7)4-5-11-10(9)12;1-2-4-6-5-3-1/h2-6H,1H3,(H,11,12);1-6H2. The molecule has 1 aromatic heterocycles. The highest BCUT2D eigenvalue weighted by Gasteiger charge is 1.96. The third-order valence-corrected chi connectivity index (χ3v) is 3.43. The monoisotopic (exact) mass is 243 g/mol.